The number of nitrogens with one attached hydrogen (secondary N) is 2. The first-order valence-electron chi connectivity index (χ1n) is 26.2. The lowest BCUT2D eigenvalue weighted by Gasteiger charge is -2.60. The highest BCUT2D eigenvalue weighted by atomic mass is 35.5. The van der Waals surface area contributed by atoms with E-state index in [-0.39, 0.29) is 78.0 Å². The average molecular weight is 1130 g/mol. The Bertz CT molecular complexity index is 2410. The molecule has 1 spiro atoms. The van der Waals surface area contributed by atoms with E-state index in [1.54, 1.807) is 12.1 Å². The van der Waals surface area contributed by atoms with Crippen LogP contribution in [0.4, 0.5) is 21.0 Å². The number of aliphatic hydroxyl groups excluding tert-OH is 5. The first-order chi connectivity index (χ1) is 35.7. The SMILES string of the molecule is CC1C2C(C[C@H]3[C@@H]4CC[C@H]5C[C@@H](O[C@@H]6O[C@H](CO)[C@@H](O[C@@H]7O[C@H](COC(=O)Nc8c(Cl)cccc8Cl)[C@@H](OC(=O)Nc8c(Cl)cccc8Cl)[C@H](O)[C@H]7O)[C@H](O)[C@H]6O)CC[C@]5(C)[C@H]4C(=O)C[C@]23C)O[C@]12CC[C@@H](C)CO2. The maximum atomic E-state index is 14.7. The van der Waals surface area contributed by atoms with Crippen LogP contribution in [0.2, 0.25) is 20.1 Å². The van der Waals surface area contributed by atoms with Gasteiger partial charge < -0.3 is 63.4 Å². The van der Waals surface area contributed by atoms with Crippen LogP contribution in [0, 0.1) is 52.3 Å². The lowest BCUT2D eigenvalue weighted by molar-refractivity contribution is -0.363. The number of halogens is 4. The number of benzene rings is 2. The first-order valence-corrected chi connectivity index (χ1v) is 27.8. The van der Waals surface area contributed by atoms with Crippen molar-refractivity contribution in [3.8, 4) is 0 Å². The first kappa shape index (κ1) is 55.7. The van der Waals surface area contributed by atoms with Crippen molar-refractivity contribution in [2.75, 3.05) is 30.5 Å². The Morgan fingerprint density at radius 2 is 1.36 bits per heavy atom. The Hall–Kier alpha value is -2.63. The van der Waals surface area contributed by atoms with Crippen molar-refractivity contribution in [3.05, 3.63) is 56.5 Å². The number of Topliss-reactive ketones (excluding diaryl/α,β-unsaturated/α-hetero) is 1. The van der Waals surface area contributed by atoms with Gasteiger partial charge in [0.25, 0.3) is 0 Å². The molecule has 8 fully saturated rings. The number of aliphatic hydroxyl groups is 5. The van der Waals surface area contributed by atoms with E-state index in [9.17, 15) is 39.9 Å². The molecule has 4 saturated carbocycles. The van der Waals surface area contributed by atoms with E-state index >= 15 is 0 Å². The fraction of sp³-hybridized carbons (Fsp3) is 0.717. The number of hydrogen-bond donors (Lipinski definition) is 7. The fourth-order valence-corrected chi connectivity index (χ4v) is 15.9. The highest BCUT2D eigenvalue weighted by molar-refractivity contribution is 6.40. The molecule has 2 aromatic rings. The molecule has 4 aliphatic carbocycles. The Morgan fingerprint density at radius 1 is 0.747 bits per heavy atom. The Morgan fingerprint density at radius 3 is 1.99 bits per heavy atom. The molecule has 22 atom stereocenters. The fourth-order valence-electron chi connectivity index (χ4n) is 14.9. The van der Waals surface area contributed by atoms with Gasteiger partial charge in [-0.15, -0.1) is 0 Å². The van der Waals surface area contributed by atoms with Gasteiger partial charge in [0.05, 0.1) is 56.9 Å². The van der Waals surface area contributed by atoms with E-state index in [0.717, 1.165) is 32.1 Å². The van der Waals surface area contributed by atoms with Crippen molar-refractivity contribution >= 4 is 75.7 Å². The molecule has 10 rings (SSSR count). The maximum absolute atomic E-state index is 14.7. The van der Waals surface area contributed by atoms with Gasteiger partial charge in [-0.1, -0.05) is 86.2 Å². The van der Waals surface area contributed by atoms with Crippen LogP contribution in [0.3, 0.4) is 0 Å². The molecule has 4 saturated heterocycles. The number of hydrogen-bond acceptors (Lipinski definition) is 16. The summed E-state index contributed by atoms with van der Waals surface area (Å²) >= 11 is 24.9. The molecule has 7 N–H and O–H groups in total. The number of amides is 2. The van der Waals surface area contributed by atoms with Crippen LogP contribution in [0.1, 0.15) is 85.5 Å². The summed E-state index contributed by atoms with van der Waals surface area (Å²) in [4.78, 5) is 41.0. The minimum absolute atomic E-state index is 0.0167. The lowest BCUT2D eigenvalue weighted by Crippen LogP contribution is -2.65. The molecule has 0 bridgehead atoms. The molecule has 414 valence electrons. The molecule has 75 heavy (non-hydrogen) atoms. The summed E-state index contributed by atoms with van der Waals surface area (Å²) in [5.41, 5.74) is -0.401. The normalized spacial score (nSPS) is 44.2. The van der Waals surface area contributed by atoms with Gasteiger partial charge in [0, 0.05) is 24.7 Å². The minimum Gasteiger partial charge on any atom is -0.446 e. The number of ketones is 1. The van der Waals surface area contributed by atoms with Crippen LogP contribution in [-0.4, -0.2) is 143 Å². The third kappa shape index (κ3) is 10.2. The smallest absolute Gasteiger partial charge is 0.412 e. The second-order valence-electron chi connectivity index (χ2n) is 22.9. The lowest BCUT2D eigenvalue weighted by atomic mass is 9.44. The predicted molar refractivity (Wildman–Crippen MR) is 272 cm³/mol. The van der Waals surface area contributed by atoms with Crippen molar-refractivity contribution in [3.63, 3.8) is 0 Å². The van der Waals surface area contributed by atoms with Crippen LogP contribution < -0.4 is 10.6 Å². The van der Waals surface area contributed by atoms with E-state index in [2.05, 4.69) is 38.3 Å². The molecule has 2 amide bonds. The van der Waals surface area contributed by atoms with Gasteiger partial charge in [-0.05, 0) is 110 Å². The number of fused-ring (bicyclic) bond motifs is 7. The molecule has 18 nitrogen and oxygen atoms in total. The highest BCUT2D eigenvalue weighted by Gasteiger charge is 2.71. The van der Waals surface area contributed by atoms with Gasteiger partial charge in [0.15, 0.2) is 24.5 Å². The highest BCUT2D eigenvalue weighted by Crippen LogP contribution is 2.71. The average Bonchev–Trinajstić information content (AvgIpc) is 3.81. The van der Waals surface area contributed by atoms with Gasteiger partial charge >= 0.3 is 12.2 Å². The number of para-hydroxylation sites is 2. The summed E-state index contributed by atoms with van der Waals surface area (Å²) in [7, 11) is 0. The number of carbonyl (C=O) groups excluding carboxylic acids is 3. The monoisotopic (exact) mass is 1130 g/mol. The van der Waals surface area contributed by atoms with E-state index < -0.39 is 98.7 Å². The topological polar surface area (TPSA) is 250 Å². The van der Waals surface area contributed by atoms with Crippen molar-refractivity contribution in [2.24, 2.45) is 52.3 Å². The number of ether oxygens (including phenoxy) is 8. The quantitative estimate of drug-likeness (QED) is 0.112. The van der Waals surface area contributed by atoms with Crippen molar-refractivity contribution in [2.45, 2.75) is 165 Å². The summed E-state index contributed by atoms with van der Waals surface area (Å²) in [5, 5.41) is 61.9. The molecule has 0 aromatic heterocycles. The van der Waals surface area contributed by atoms with Gasteiger partial charge in [-0.3, -0.25) is 15.4 Å². The predicted octanol–water partition coefficient (Wildman–Crippen LogP) is 7.75. The van der Waals surface area contributed by atoms with Gasteiger partial charge in [0.2, 0.25) is 0 Å². The van der Waals surface area contributed by atoms with E-state index in [1.165, 1.54) is 24.3 Å². The minimum atomic E-state index is -2.01. The van der Waals surface area contributed by atoms with Crippen molar-refractivity contribution in [1.82, 2.24) is 0 Å². The molecule has 22 heteroatoms. The van der Waals surface area contributed by atoms with Crippen LogP contribution in [-0.2, 0) is 42.7 Å². The van der Waals surface area contributed by atoms with Crippen molar-refractivity contribution < 1.29 is 77.8 Å². The largest absolute Gasteiger partial charge is 0.446 e. The molecular weight excluding hydrogens is 1060 g/mol. The van der Waals surface area contributed by atoms with E-state index in [0.29, 0.717) is 49.9 Å². The van der Waals surface area contributed by atoms with Crippen LogP contribution in [0.15, 0.2) is 36.4 Å². The zero-order valence-electron chi connectivity index (χ0n) is 42.2. The molecular formula is C53H68Cl4N2O16. The summed E-state index contributed by atoms with van der Waals surface area (Å²) in [6.07, 6.45) is -12.5. The molecule has 4 heterocycles. The molecule has 8 aliphatic rings. The number of anilines is 2. The second-order valence-corrected chi connectivity index (χ2v) is 24.6. The summed E-state index contributed by atoms with van der Waals surface area (Å²) in [6.45, 7) is 8.33. The summed E-state index contributed by atoms with van der Waals surface area (Å²) in [5.74, 6) is 1.46. The van der Waals surface area contributed by atoms with Gasteiger partial charge in [0.1, 0.15) is 55.1 Å². The van der Waals surface area contributed by atoms with Crippen LogP contribution in [0.5, 0.6) is 0 Å². The van der Waals surface area contributed by atoms with Crippen LogP contribution in [0.25, 0.3) is 0 Å². The summed E-state index contributed by atoms with van der Waals surface area (Å²) < 4.78 is 48.9. The molecule has 3 unspecified atom stereocenters. The molecule has 2 aromatic carbocycles. The third-order valence-electron chi connectivity index (χ3n) is 18.6. The zero-order chi connectivity index (χ0) is 53.5. The molecule has 0 radical (unpaired) electrons. The van der Waals surface area contributed by atoms with Gasteiger partial charge in [-0.25, -0.2) is 9.59 Å². The van der Waals surface area contributed by atoms with Crippen molar-refractivity contribution in [1.29, 1.82) is 0 Å². The molecule has 4 aliphatic heterocycles. The van der Waals surface area contributed by atoms with Crippen LogP contribution >= 0.6 is 46.4 Å². The number of rotatable bonds is 10. The van der Waals surface area contributed by atoms with E-state index in [4.69, 9.17) is 84.3 Å². The summed E-state index contributed by atoms with van der Waals surface area (Å²) in [6, 6.07) is 9.00. The third-order valence-corrected chi connectivity index (χ3v) is 19.9. The van der Waals surface area contributed by atoms with Gasteiger partial charge in [-0.2, -0.15) is 0 Å². The maximum Gasteiger partial charge on any atom is 0.412 e. The Balaban J connectivity index is 0.781. The van der Waals surface area contributed by atoms with E-state index in [1.807, 2.05) is 0 Å². The number of carbonyl (C=O) groups is 3. The Kier molecular flexibility index (Phi) is 16.2. The second kappa shape index (κ2) is 21.8. The Labute approximate surface area is 455 Å². The zero-order valence-corrected chi connectivity index (χ0v) is 45.2. The standard InChI is InChI=1S/C53H68Cl4N2O16/c1-23-13-16-53(69-21-23)24(2)37-34(75-53)18-28-27-12-11-25-17-26(14-15-51(25,3)38(27)33(61)19-52(28,37)4)70-47-43(64)41(62)45(35(20-60)71-47)73-48-44(65)42(63)46(74-50(67)59-40-31(56)9-6-10-32(40)57)36(72-48)22-68-49(66)58-39-29(54)7-5-8-30(39)55/h5-10,23-28,34-38,41-48,60,62-65H,11-22H2,1-4H3,(H,58,66)(H,59,67)/t23-,24?,25+,26+,27+,28+,34?,35-,36-,37?,38-,41-,42-,43-,44-,45-,46-,47-,48+,51+,52+,53-/m1/s1.